The highest BCUT2D eigenvalue weighted by Gasteiger charge is 2.42. The van der Waals surface area contributed by atoms with Crippen molar-refractivity contribution >= 4 is 51.1 Å². The number of hydrogen-bond donors (Lipinski definition) is 0. The highest BCUT2D eigenvalue weighted by molar-refractivity contribution is 6.92. The van der Waals surface area contributed by atoms with Gasteiger partial charge in [0.15, 0.2) is 0 Å². The second-order valence-electron chi connectivity index (χ2n) is 8.93. The van der Waals surface area contributed by atoms with Crippen molar-refractivity contribution in [1.29, 1.82) is 0 Å². The van der Waals surface area contributed by atoms with Gasteiger partial charge in [-0.2, -0.15) is 0 Å². The number of fused-ring (bicyclic) bond motifs is 14. The average Bonchev–Trinajstić information content (AvgIpc) is 3.25. The second kappa shape index (κ2) is 6.17. The lowest BCUT2D eigenvalue weighted by Gasteiger charge is -2.43. The first-order valence-electron chi connectivity index (χ1n) is 11.4. The van der Waals surface area contributed by atoms with E-state index in [9.17, 15) is 0 Å². The van der Waals surface area contributed by atoms with E-state index >= 15 is 0 Å². The van der Waals surface area contributed by atoms with Crippen LogP contribution in [0.15, 0.2) is 114 Å². The quantitative estimate of drug-likeness (QED) is 0.262. The van der Waals surface area contributed by atoms with Crippen molar-refractivity contribution in [2.24, 2.45) is 0 Å². The Morgan fingerprint density at radius 3 is 1.94 bits per heavy atom. The number of hydrogen-bond acceptors (Lipinski definition) is 2. The van der Waals surface area contributed by atoms with E-state index in [1.54, 1.807) is 0 Å². The Kier molecular flexibility index (Phi) is 3.24. The van der Waals surface area contributed by atoms with Gasteiger partial charge < -0.3 is 9.23 Å². The molecule has 6 aromatic rings. The summed E-state index contributed by atoms with van der Waals surface area (Å²) in [6.07, 6.45) is 0. The summed E-state index contributed by atoms with van der Waals surface area (Å²) in [5, 5.41) is 2.34. The first-order valence-corrected chi connectivity index (χ1v) is 11.4. The summed E-state index contributed by atoms with van der Waals surface area (Å²) in [6, 6.07) is 39.4. The van der Waals surface area contributed by atoms with Gasteiger partial charge in [-0.25, -0.2) is 0 Å². The summed E-state index contributed by atoms with van der Waals surface area (Å²) in [6.45, 7) is 0.127. The Morgan fingerprint density at radius 1 is 0.485 bits per heavy atom. The van der Waals surface area contributed by atoms with Crippen LogP contribution in [0.3, 0.4) is 0 Å². The van der Waals surface area contributed by atoms with Gasteiger partial charge in [-0.1, -0.05) is 84.9 Å². The molecule has 2 aliphatic rings. The molecule has 8 rings (SSSR count). The number of para-hydroxylation sites is 2. The molecule has 0 unspecified atom stereocenters. The Labute approximate surface area is 191 Å². The molecule has 0 saturated carbocycles. The zero-order chi connectivity index (χ0) is 21.5. The zero-order valence-electron chi connectivity index (χ0n) is 17.8. The molecule has 2 nitrogen and oxygen atoms in total. The molecule has 0 spiro atoms. The minimum Gasteiger partial charge on any atom is -0.456 e. The van der Waals surface area contributed by atoms with Gasteiger partial charge in [0, 0.05) is 39.3 Å². The summed E-state index contributed by atoms with van der Waals surface area (Å²) < 4.78 is 6.32. The van der Waals surface area contributed by atoms with Crippen LogP contribution in [0, 0.1) is 0 Å². The van der Waals surface area contributed by atoms with Crippen LogP contribution in [0.2, 0.25) is 0 Å². The predicted molar refractivity (Wildman–Crippen MR) is 138 cm³/mol. The molecule has 5 aromatic carbocycles. The van der Waals surface area contributed by atoms with E-state index in [0.717, 1.165) is 11.2 Å². The highest BCUT2D eigenvalue weighted by atomic mass is 16.3. The molecule has 3 heteroatoms. The fraction of sp³-hybridized carbons (Fsp3) is 0. The van der Waals surface area contributed by atoms with Crippen molar-refractivity contribution in [3.63, 3.8) is 0 Å². The van der Waals surface area contributed by atoms with Gasteiger partial charge >= 0.3 is 6.85 Å². The molecule has 0 radical (unpaired) electrons. The fourth-order valence-corrected chi connectivity index (χ4v) is 5.90. The first kappa shape index (κ1) is 17.3. The van der Waals surface area contributed by atoms with Crippen LogP contribution in [0.25, 0.3) is 44.2 Å². The molecule has 0 atom stereocenters. The van der Waals surface area contributed by atoms with Gasteiger partial charge in [-0.15, -0.1) is 0 Å². The maximum absolute atomic E-state index is 6.32. The van der Waals surface area contributed by atoms with E-state index < -0.39 is 0 Å². The van der Waals surface area contributed by atoms with Gasteiger partial charge in [0.1, 0.15) is 11.2 Å². The lowest BCUT2D eigenvalue weighted by molar-refractivity contribution is 0.669. The maximum Gasteiger partial charge on any atom is 0.329 e. The maximum atomic E-state index is 6.32. The monoisotopic (exact) mass is 419 g/mol. The van der Waals surface area contributed by atoms with E-state index in [-0.39, 0.29) is 6.85 Å². The second-order valence-corrected chi connectivity index (χ2v) is 8.93. The van der Waals surface area contributed by atoms with E-state index in [4.69, 9.17) is 4.42 Å². The van der Waals surface area contributed by atoms with Gasteiger partial charge in [0.25, 0.3) is 0 Å². The third-order valence-electron chi connectivity index (χ3n) is 7.27. The molecule has 0 fully saturated rings. The molecule has 152 valence electrons. The minimum absolute atomic E-state index is 0.127. The molecule has 2 aliphatic heterocycles. The molecule has 0 saturated heterocycles. The van der Waals surface area contributed by atoms with E-state index in [0.29, 0.717) is 0 Å². The van der Waals surface area contributed by atoms with Crippen molar-refractivity contribution in [3.05, 3.63) is 109 Å². The summed E-state index contributed by atoms with van der Waals surface area (Å²) in [5.41, 5.74) is 12.2. The smallest absolute Gasteiger partial charge is 0.329 e. The summed E-state index contributed by atoms with van der Waals surface area (Å²) in [7, 11) is 0. The molecule has 0 aliphatic carbocycles. The molecule has 0 N–H and O–H groups in total. The predicted octanol–water partition coefficient (Wildman–Crippen LogP) is 6.49. The molecule has 33 heavy (non-hydrogen) atoms. The standard InChI is InChI=1S/C30H18BNO/c1-5-13-25-19(9-1)21-11-3-7-15-27(21)32-28-18-30-24(22-12-4-8-16-29(22)33-30)17-23(28)20-10-2-6-14-26(20)31(25)32/h1-18H. The Morgan fingerprint density at radius 2 is 1.12 bits per heavy atom. The van der Waals surface area contributed by atoms with Crippen LogP contribution < -0.4 is 15.7 Å². The first-order chi connectivity index (χ1) is 16.4. The fourth-order valence-electron chi connectivity index (χ4n) is 5.90. The molecule has 1 aromatic heterocycles. The van der Waals surface area contributed by atoms with Crippen LogP contribution in [0.5, 0.6) is 0 Å². The Bertz CT molecular complexity index is 1750. The van der Waals surface area contributed by atoms with Crippen LogP contribution in [-0.2, 0) is 0 Å². The highest BCUT2D eigenvalue weighted by Crippen LogP contribution is 2.47. The normalized spacial score (nSPS) is 13.3. The van der Waals surface area contributed by atoms with Crippen LogP contribution in [0.1, 0.15) is 0 Å². The third kappa shape index (κ3) is 2.19. The number of nitrogens with zero attached hydrogens (tertiary/aromatic N) is 1. The van der Waals surface area contributed by atoms with Crippen LogP contribution in [-0.4, -0.2) is 6.85 Å². The number of rotatable bonds is 0. The van der Waals surface area contributed by atoms with Crippen molar-refractivity contribution in [2.75, 3.05) is 4.81 Å². The van der Waals surface area contributed by atoms with Gasteiger partial charge in [-0.3, -0.25) is 0 Å². The van der Waals surface area contributed by atoms with Crippen molar-refractivity contribution in [2.45, 2.75) is 0 Å². The summed E-state index contributed by atoms with van der Waals surface area (Å²) in [4.78, 5) is 2.52. The van der Waals surface area contributed by atoms with Crippen molar-refractivity contribution in [1.82, 2.24) is 0 Å². The topological polar surface area (TPSA) is 16.4 Å². The largest absolute Gasteiger partial charge is 0.456 e. The van der Waals surface area contributed by atoms with Crippen molar-refractivity contribution in [3.8, 4) is 22.3 Å². The molecule has 3 heterocycles. The van der Waals surface area contributed by atoms with E-state index in [1.165, 1.54) is 55.3 Å². The zero-order valence-corrected chi connectivity index (χ0v) is 17.8. The molecule has 0 amide bonds. The van der Waals surface area contributed by atoms with Crippen LogP contribution >= 0.6 is 0 Å². The minimum atomic E-state index is 0.127. The SMILES string of the molecule is c1ccc2c(c1)B1c3ccccc3-c3cc4c(cc3N1c1ccccc1-2)oc1ccccc14. The summed E-state index contributed by atoms with van der Waals surface area (Å²) in [5.74, 6) is 0. The van der Waals surface area contributed by atoms with Crippen LogP contribution in [0.4, 0.5) is 11.4 Å². The number of anilines is 2. The van der Waals surface area contributed by atoms with Crippen molar-refractivity contribution < 1.29 is 4.42 Å². The lowest BCUT2D eigenvalue weighted by atomic mass is 9.43. The van der Waals surface area contributed by atoms with E-state index in [1.807, 2.05) is 6.07 Å². The summed E-state index contributed by atoms with van der Waals surface area (Å²) >= 11 is 0. The van der Waals surface area contributed by atoms with Gasteiger partial charge in [0.05, 0.1) is 0 Å². The third-order valence-corrected chi connectivity index (χ3v) is 7.27. The van der Waals surface area contributed by atoms with Gasteiger partial charge in [0.2, 0.25) is 0 Å². The Hall–Kier alpha value is -4.24. The Balaban J connectivity index is 1.53. The molecular weight excluding hydrogens is 401 g/mol. The van der Waals surface area contributed by atoms with E-state index in [2.05, 4.69) is 108 Å². The lowest BCUT2D eigenvalue weighted by Crippen LogP contribution is -2.59. The van der Waals surface area contributed by atoms with Gasteiger partial charge in [-0.05, 0) is 40.3 Å². The molecular formula is C30H18BNO. The average molecular weight is 419 g/mol. The molecule has 0 bridgehead atoms. The number of benzene rings is 5. The number of furan rings is 1.